The van der Waals surface area contributed by atoms with Gasteiger partial charge in [0.1, 0.15) is 6.33 Å². The van der Waals surface area contributed by atoms with Crippen LogP contribution in [0.1, 0.15) is 11.6 Å². The van der Waals surface area contributed by atoms with Gasteiger partial charge >= 0.3 is 0 Å². The zero-order valence-electron chi connectivity index (χ0n) is 14.3. The SMILES string of the molecule is Cn1cnnc1SCC(=O)N1c2ccccc2SC[C@H]1c1ccccc1. The molecule has 1 amide bonds. The number of hydrogen-bond donors (Lipinski definition) is 0. The molecule has 0 radical (unpaired) electrons. The normalized spacial score (nSPS) is 16.3. The summed E-state index contributed by atoms with van der Waals surface area (Å²) in [4.78, 5) is 16.3. The Kier molecular flexibility index (Phi) is 4.99. The van der Waals surface area contributed by atoms with Gasteiger partial charge in [0.2, 0.25) is 5.91 Å². The number of carbonyl (C=O) groups excluding carboxylic acids is 1. The Bertz CT molecular complexity index is 913. The average Bonchev–Trinajstić information content (AvgIpc) is 3.10. The van der Waals surface area contributed by atoms with Crippen molar-refractivity contribution in [3.63, 3.8) is 0 Å². The maximum Gasteiger partial charge on any atom is 0.238 e. The van der Waals surface area contributed by atoms with Crippen LogP contribution in [0.3, 0.4) is 0 Å². The lowest BCUT2D eigenvalue weighted by Crippen LogP contribution is -2.39. The molecule has 0 unspecified atom stereocenters. The van der Waals surface area contributed by atoms with Crippen LogP contribution in [0.2, 0.25) is 0 Å². The number of carbonyl (C=O) groups is 1. The number of hydrogen-bond acceptors (Lipinski definition) is 5. The van der Waals surface area contributed by atoms with E-state index in [0.717, 1.165) is 27.1 Å². The number of aryl methyl sites for hydroxylation is 1. The predicted molar refractivity (Wildman–Crippen MR) is 106 cm³/mol. The van der Waals surface area contributed by atoms with Crippen molar-refractivity contribution in [2.45, 2.75) is 16.1 Å². The van der Waals surface area contributed by atoms with Gasteiger partial charge in [0.15, 0.2) is 5.16 Å². The first kappa shape index (κ1) is 17.2. The van der Waals surface area contributed by atoms with Gasteiger partial charge < -0.3 is 9.47 Å². The molecule has 132 valence electrons. The van der Waals surface area contributed by atoms with Crippen molar-refractivity contribution in [1.29, 1.82) is 0 Å². The van der Waals surface area contributed by atoms with Gasteiger partial charge in [0, 0.05) is 17.7 Å². The van der Waals surface area contributed by atoms with Gasteiger partial charge in [0.05, 0.1) is 17.5 Å². The Hall–Kier alpha value is -2.25. The van der Waals surface area contributed by atoms with Crippen molar-refractivity contribution in [3.8, 4) is 0 Å². The molecule has 7 heteroatoms. The van der Waals surface area contributed by atoms with E-state index in [-0.39, 0.29) is 11.9 Å². The molecule has 0 saturated heterocycles. The smallest absolute Gasteiger partial charge is 0.238 e. The standard InChI is InChI=1S/C19H18N4OS2/c1-22-13-20-21-19(22)26-12-18(24)23-15-9-5-6-10-17(15)25-11-16(23)14-7-3-2-4-8-14/h2-10,13,16H,11-12H2,1H3/t16-/m0/s1. The number of rotatable bonds is 4. The van der Waals surface area contributed by atoms with Crippen molar-refractivity contribution in [2.24, 2.45) is 7.05 Å². The fraction of sp³-hybridized carbons (Fsp3) is 0.211. The third kappa shape index (κ3) is 3.37. The zero-order valence-corrected chi connectivity index (χ0v) is 15.9. The molecule has 2 heterocycles. The van der Waals surface area contributed by atoms with Gasteiger partial charge in [-0.3, -0.25) is 4.79 Å². The van der Waals surface area contributed by atoms with E-state index >= 15 is 0 Å². The number of thioether (sulfide) groups is 2. The molecule has 0 aliphatic carbocycles. The fourth-order valence-electron chi connectivity index (χ4n) is 3.02. The molecule has 1 aliphatic heterocycles. The maximum absolute atomic E-state index is 13.2. The molecule has 1 aliphatic rings. The van der Waals surface area contributed by atoms with E-state index in [4.69, 9.17) is 0 Å². The second-order valence-corrected chi connectivity index (χ2v) is 7.99. The largest absolute Gasteiger partial charge is 0.312 e. The highest BCUT2D eigenvalue weighted by Crippen LogP contribution is 2.43. The van der Waals surface area contributed by atoms with E-state index < -0.39 is 0 Å². The van der Waals surface area contributed by atoms with Crippen LogP contribution in [0.15, 0.2) is 71.0 Å². The van der Waals surface area contributed by atoms with E-state index in [2.05, 4.69) is 28.4 Å². The van der Waals surface area contributed by atoms with Crippen molar-refractivity contribution in [3.05, 3.63) is 66.5 Å². The highest BCUT2D eigenvalue weighted by atomic mass is 32.2. The van der Waals surface area contributed by atoms with Crippen LogP contribution in [0, 0.1) is 0 Å². The Morgan fingerprint density at radius 2 is 1.96 bits per heavy atom. The summed E-state index contributed by atoms with van der Waals surface area (Å²) >= 11 is 3.22. The second-order valence-electron chi connectivity index (χ2n) is 5.98. The van der Waals surface area contributed by atoms with E-state index in [1.54, 1.807) is 18.1 Å². The molecular weight excluding hydrogens is 364 g/mol. The van der Waals surface area contributed by atoms with Gasteiger partial charge in [-0.1, -0.05) is 54.2 Å². The van der Waals surface area contributed by atoms with Gasteiger partial charge in [-0.05, 0) is 17.7 Å². The van der Waals surface area contributed by atoms with Crippen molar-refractivity contribution >= 4 is 35.1 Å². The fourth-order valence-corrected chi connectivity index (χ4v) is 4.93. The van der Waals surface area contributed by atoms with Crippen LogP contribution in [0.25, 0.3) is 0 Å². The van der Waals surface area contributed by atoms with Gasteiger partial charge in [-0.25, -0.2) is 0 Å². The van der Waals surface area contributed by atoms with Crippen LogP contribution >= 0.6 is 23.5 Å². The third-order valence-corrected chi connectivity index (χ3v) is 6.44. The maximum atomic E-state index is 13.2. The quantitative estimate of drug-likeness (QED) is 0.643. The summed E-state index contributed by atoms with van der Waals surface area (Å²) in [6, 6.07) is 18.4. The Morgan fingerprint density at radius 1 is 1.19 bits per heavy atom. The number of para-hydroxylation sites is 1. The molecular formula is C19H18N4OS2. The van der Waals surface area contributed by atoms with E-state index in [9.17, 15) is 4.79 Å². The lowest BCUT2D eigenvalue weighted by molar-refractivity contribution is -0.116. The van der Waals surface area contributed by atoms with Crippen LogP contribution in [-0.2, 0) is 11.8 Å². The first-order valence-corrected chi connectivity index (χ1v) is 10.3. The van der Waals surface area contributed by atoms with Crippen LogP contribution in [-0.4, -0.2) is 32.2 Å². The molecule has 26 heavy (non-hydrogen) atoms. The summed E-state index contributed by atoms with van der Waals surface area (Å²) in [6.45, 7) is 0. The molecule has 0 N–H and O–H groups in total. The highest BCUT2D eigenvalue weighted by molar-refractivity contribution is 8.00. The number of anilines is 1. The summed E-state index contributed by atoms with van der Waals surface area (Å²) in [5.41, 5.74) is 2.15. The average molecular weight is 383 g/mol. The number of amides is 1. The van der Waals surface area contributed by atoms with E-state index in [0.29, 0.717) is 5.75 Å². The van der Waals surface area contributed by atoms with Crippen molar-refractivity contribution in [2.75, 3.05) is 16.4 Å². The van der Waals surface area contributed by atoms with E-state index in [1.165, 1.54) is 11.8 Å². The summed E-state index contributed by atoms with van der Waals surface area (Å²) < 4.78 is 1.83. The molecule has 0 spiro atoms. The van der Waals surface area contributed by atoms with Crippen molar-refractivity contribution in [1.82, 2.24) is 14.8 Å². The zero-order chi connectivity index (χ0) is 17.9. The minimum atomic E-state index is 0.0312. The van der Waals surface area contributed by atoms with Crippen LogP contribution in [0.5, 0.6) is 0 Å². The van der Waals surface area contributed by atoms with Crippen LogP contribution < -0.4 is 4.90 Å². The van der Waals surface area contributed by atoms with Gasteiger partial charge in [0.25, 0.3) is 0 Å². The van der Waals surface area contributed by atoms with Gasteiger partial charge in [-0.15, -0.1) is 22.0 Å². The molecule has 1 atom stereocenters. The topological polar surface area (TPSA) is 51.0 Å². The molecule has 0 bridgehead atoms. The molecule has 4 rings (SSSR count). The third-order valence-electron chi connectivity index (χ3n) is 4.28. The lowest BCUT2D eigenvalue weighted by Gasteiger charge is -2.37. The number of benzene rings is 2. The molecule has 5 nitrogen and oxygen atoms in total. The van der Waals surface area contributed by atoms with Crippen molar-refractivity contribution < 1.29 is 4.79 Å². The Balaban J connectivity index is 1.64. The first-order chi connectivity index (χ1) is 12.7. The lowest BCUT2D eigenvalue weighted by atomic mass is 10.1. The minimum Gasteiger partial charge on any atom is -0.312 e. The summed E-state index contributed by atoms with van der Waals surface area (Å²) in [5, 5.41) is 8.67. The summed E-state index contributed by atoms with van der Waals surface area (Å²) in [5.74, 6) is 1.26. The molecule has 2 aromatic carbocycles. The van der Waals surface area contributed by atoms with Crippen LogP contribution in [0.4, 0.5) is 5.69 Å². The number of fused-ring (bicyclic) bond motifs is 1. The monoisotopic (exact) mass is 382 g/mol. The molecule has 3 aromatic rings. The molecule has 0 fully saturated rings. The molecule has 0 saturated carbocycles. The predicted octanol–water partition coefficient (Wildman–Crippen LogP) is 3.79. The Labute approximate surface area is 160 Å². The Morgan fingerprint density at radius 3 is 2.73 bits per heavy atom. The minimum absolute atomic E-state index is 0.0312. The summed E-state index contributed by atoms with van der Waals surface area (Å²) in [6.07, 6.45) is 1.65. The molecule has 1 aromatic heterocycles. The highest BCUT2D eigenvalue weighted by Gasteiger charge is 2.32. The summed E-state index contributed by atoms with van der Waals surface area (Å²) in [7, 11) is 1.88. The second kappa shape index (κ2) is 7.55. The first-order valence-electron chi connectivity index (χ1n) is 8.29. The van der Waals surface area contributed by atoms with Gasteiger partial charge in [-0.2, -0.15) is 0 Å². The van der Waals surface area contributed by atoms with E-state index in [1.807, 2.05) is 52.9 Å². The number of aromatic nitrogens is 3. The number of nitrogens with zero attached hydrogens (tertiary/aromatic N) is 4.